The number of amides is 1. The fourth-order valence-corrected chi connectivity index (χ4v) is 3.93. The van der Waals surface area contributed by atoms with Gasteiger partial charge in [0, 0.05) is 24.9 Å². The van der Waals surface area contributed by atoms with E-state index in [0.29, 0.717) is 17.9 Å². The largest absolute Gasteiger partial charge is 0.338 e. The maximum absolute atomic E-state index is 12.6. The lowest BCUT2D eigenvalue weighted by atomic mass is 9.91. The number of likely N-dealkylation sites (tertiary alicyclic amines) is 1. The van der Waals surface area contributed by atoms with Crippen molar-refractivity contribution in [1.29, 1.82) is 0 Å². The van der Waals surface area contributed by atoms with Crippen LogP contribution in [-0.4, -0.2) is 33.4 Å². The van der Waals surface area contributed by atoms with Crippen molar-refractivity contribution in [3.05, 3.63) is 42.2 Å². The first kappa shape index (κ1) is 15.4. The van der Waals surface area contributed by atoms with Crippen molar-refractivity contribution in [3.63, 3.8) is 0 Å². The van der Waals surface area contributed by atoms with Crippen molar-refractivity contribution < 1.29 is 4.79 Å². The first-order chi connectivity index (χ1) is 11.6. The van der Waals surface area contributed by atoms with Gasteiger partial charge in [-0.3, -0.25) is 4.79 Å². The van der Waals surface area contributed by atoms with Crippen molar-refractivity contribution in [1.82, 2.24) is 14.5 Å². The number of allylic oxidation sites excluding steroid dienone is 2. The Hall–Kier alpha value is -2.10. The molecule has 126 valence electrons. The number of aromatic nitrogens is 2. The molecule has 1 aromatic heterocycles. The summed E-state index contributed by atoms with van der Waals surface area (Å²) in [5.74, 6) is 2.05. The first-order valence-electron chi connectivity index (χ1n) is 9.06. The second-order valence-electron chi connectivity index (χ2n) is 7.36. The number of hydrogen-bond acceptors (Lipinski definition) is 2. The second kappa shape index (κ2) is 6.08. The van der Waals surface area contributed by atoms with Gasteiger partial charge in [0.05, 0.1) is 17.1 Å². The minimum atomic E-state index is 0.194. The van der Waals surface area contributed by atoms with Gasteiger partial charge in [-0.05, 0) is 31.4 Å². The van der Waals surface area contributed by atoms with Gasteiger partial charge < -0.3 is 9.47 Å². The van der Waals surface area contributed by atoms with Gasteiger partial charge >= 0.3 is 0 Å². The standard InChI is InChI=1S/C20H25N3O/c1-14(2)19-21-17-10-6-7-11-18(17)23(19)16-12-22(13-16)20(24)15-8-4-3-5-9-15/h3-4,6-7,10-11,14-16H,5,8-9,12-13H2,1-2H3. The Morgan fingerprint density at radius 3 is 2.71 bits per heavy atom. The van der Waals surface area contributed by atoms with Crippen molar-refractivity contribution in [2.75, 3.05) is 13.1 Å². The molecule has 2 aromatic rings. The van der Waals surface area contributed by atoms with Crippen molar-refractivity contribution in [3.8, 4) is 0 Å². The van der Waals surface area contributed by atoms with E-state index in [2.05, 4.69) is 48.8 Å². The van der Waals surface area contributed by atoms with Crippen LogP contribution >= 0.6 is 0 Å². The number of carbonyl (C=O) groups is 1. The molecule has 2 heterocycles. The van der Waals surface area contributed by atoms with Gasteiger partial charge in [-0.1, -0.05) is 38.1 Å². The average molecular weight is 323 g/mol. The summed E-state index contributed by atoms with van der Waals surface area (Å²) in [7, 11) is 0. The third-order valence-corrected chi connectivity index (χ3v) is 5.30. The predicted molar refractivity (Wildman–Crippen MR) is 95.9 cm³/mol. The lowest BCUT2D eigenvalue weighted by Crippen LogP contribution is -2.53. The minimum Gasteiger partial charge on any atom is -0.338 e. The number of imidazole rings is 1. The van der Waals surface area contributed by atoms with Crippen LogP contribution in [0.5, 0.6) is 0 Å². The van der Waals surface area contributed by atoms with E-state index < -0.39 is 0 Å². The number of benzene rings is 1. The molecule has 1 fully saturated rings. The van der Waals surface area contributed by atoms with Crippen LogP contribution in [0.15, 0.2) is 36.4 Å². The van der Waals surface area contributed by atoms with Crippen LogP contribution in [-0.2, 0) is 4.79 Å². The van der Waals surface area contributed by atoms with Crippen molar-refractivity contribution in [2.45, 2.75) is 45.1 Å². The SMILES string of the molecule is CC(C)c1nc2ccccc2n1C1CN(C(=O)C2CC=CCC2)C1. The molecule has 0 radical (unpaired) electrons. The van der Waals surface area contributed by atoms with E-state index in [-0.39, 0.29) is 5.92 Å². The van der Waals surface area contributed by atoms with Gasteiger partial charge in [0.25, 0.3) is 0 Å². The van der Waals surface area contributed by atoms with Crippen LogP contribution < -0.4 is 0 Å². The summed E-state index contributed by atoms with van der Waals surface area (Å²) in [6, 6.07) is 8.69. The van der Waals surface area contributed by atoms with Crippen LogP contribution in [0, 0.1) is 5.92 Å². The molecule has 0 N–H and O–H groups in total. The summed E-state index contributed by atoms with van der Waals surface area (Å²) >= 11 is 0. The lowest BCUT2D eigenvalue weighted by molar-refractivity contribution is -0.141. The Morgan fingerprint density at radius 2 is 2.00 bits per heavy atom. The lowest BCUT2D eigenvalue weighted by Gasteiger charge is -2.42. The highest BCUT2D eigenvalue weighted by Crippen LogP contribution is 2.33. The molecular formula is C20H25N3O. The van der Waals surface area contributed by atoms with E-state index >= 15 is 0 Å². The van der Waals surface area contributed by atoms with Gasteiger partial charge in [-0.25, -0.2) is 4.98 Å². The summed E-state index contributed by atoms with van der Waals surface area (Å²) in [6.07, 6.45) is 7.29. The van der Waals surface area contributed by atoms with Gasteiger partial charge in [-0.2, -0.15) is 0 Å². The van der Waals surface area contributed by atoms with E-state index in [1.54, 1.807) is 0 Å². The molecule has 24 heavy (non-hydrogen) atoms. The summed E-state index contributed by atoms with van der Waals surface area (Å²) in [5.41, 5.74) is 2.25. The highest BCUT2D eigenvalue weighted by Gasteiger charge is 2.37. The third kappa shape index (κ3) is 2.54. The molecule has 1 aliphatic heterocycles. The molecule has 1 atom stereocenters. The van der Waals surface area contributed by atoms with E-state index in [9.17, 15) is 4.79 Å². The van der Waals surface area contributed by atoms with E-state index in [1.807, 2.05) is 11.0 Å². The number of para-hydroxylation sites is 2. The van der Waals surface area contributed by atoms with E-state index in [4.69, 9.17) is 4.98 Å². The minimum absolute atomic E-state index is 0.194. The topological polar surface area (TPSA) is 38.1 Å². The molecule has 1 aromatic carbocycles. The molecule has 4 rings (SSSR count). The zero-order chi connectivity index (χ0) is 16.7. The van der Waals surface area contributed by atoms with Crippen LogP contribution in [0.25, 0.3) is 11.0 Å². The molecule has 0 spiro atoms. The van der Waals surface area contributed by atoms with Crippen LogP contribution in [0.3, 0.4) is 0 Å². The Labute approximate surface area is 143 Å². The van der Waals surface area contributed by atoms with Gasteiger partial charge in [0.2, 0.25) is 5.91 Å². The molecule has 0 saturated carbocycles. The van der Waals surface area contributed by atoms with Gasteiger partial charge in [0.15, 0.2) is 0 Å². The summed E-state index contributed by atoms with van der Waals surface area (Å²) in [6.45, 7) is 6.01. The molecule has 0 bridgehead atoms. The molecule has 4 nitrogen and oxygen atoms in total. The quantitative estimate of drug-likeness (QED) is 0.804. The Morgan fingerprint density at radius 1 is 1.21 bits per heavy atom. The smallest absolute Gasteiger partial charge is 0.226 e. The Kier molecular flexibility index (Phi) is 3.91. The van der Waals surface area contributed by atoms with Crippen LogP contribution in [0.1, 0.15) is 50.9 Å². The molecule has 1 amide bonds. The molecular weight excluding hydrogens is 298 g/mol. The molecule has 1 unspecified atom stereocenters. The number of hydrogen-bond donors (Lipinski definition) is 0. The van der Waals surface area contributed by atoms with Gasteiger partial charge in [-0.15, -0.1) is 0 Å². The summed E-state index contributed by atoms with van der Waals surface area (Å²) < 4.78 is 2.37. The molecule has 2 aliphatic rings. The number of rotatable bonds is 3. The maximum atomic E-state index is 12.6. The highest BCUT2D eigenvalue weighted by atomic mass is 16.2. The zero-order valence-corrected chi connectivity index (χ0v) is 14.5. The molecule has 1 aliphatic carbocycles. The van der Waals surface area contributed by atoms with Gasteiger partial charge in [0.1, 0.15) is 5.82 Å². The first-order valence-corrected chi connectivity index (χ1v) is 9.06. The Bertz CT molecular complexity index is 783. The van der Waals surface area contributed by atoms with Crippen molar-refractivity contribution >= 4 is 16.9 Å². The molecule has 1 saturated heterocycles. The summed E-state index contributed by atoms with van der Waals surface area (Å²) in [5, 5.41) is 0. The van der Waals surface area contributed by atoms with Crippen molar-refractivity contribution in [2.24, 2.45) is 5.92 Å². The third-order valence-electron chi connectivity index (χ3n) is 5.30. The zero-order valence-electron chi connectivity index (χ0n) is 14.5. The van der Waals surface area contributed by atoms with Crippen LogP contribution in [0.2, 0.25) is 0 Å². The number of fused-ring (bicyclic) bond motifs is 1. The fourth-order valence-electron chi connectivity index (χ4n) is 3.93. The number of carbonyl (C=O) groups excluding carboxylic acids is 1. The highest BCUT2D eigenvalue weighted by molar-refractivity contribution is 5.80. The summed E-state index contributed by atoms with van der Waals surface area (Å²) in [4.78, 5) is 19.5. The number of nitrogens with zero attached hydrogens (tertiary/aromatic N) is 3. The average Bonchev–Trinajstić information content (AvgIpc) is 2.94. The fraction of sp³-hybridized carbons (Fsp3) is 0.500. The maximum Gasteiger partial charge on any atom is 0.226 e. The van der Waals surface area contributed by atoms with Crippen LogP contribution in [0.4, 0.5) is 0 Å². The van der Waals surface area contributed by atoms with E-state index in [0.717, 1.165) is 43.7 Å². The molecule has 4 heteroatoms. The van der Waals surface area contributed by atoms with E-state index in [1.165, 1.54) is 5.52 Å². The normalized spacial score (nSPS) is 21.5. The second-order valence-corrected chi connectivity index (χ2v) is 7.36. The monoisotopic (exact) mass is 323 g/mol. The predicted octanol–water partition coefficient (Wildman–Crippen LogP) is 3.90. The Balaban J connectivity index is 1.54.